The molecule has 3 rings (SSSR count). The van der Waals surface area contributed by atoms with Gasteiger partial charge in [0.2, 0.25) is 0 Å². The van der Waals surface area contributed by atoms with Gasteiger partial charge in [-0.2, -0.15) is 8.78 Å². The van der Waals surface area contributed by atoms with E-state index in [1.165, 1.54) is 37.4 Å². The zero-order valence-corrected chi connectivity index (χ0v) is 16.1. The number of methoxy groups -OCH3 is 1. The maximum Gasteiger partial charge on any atom is 0.387 e. The molecule has 0 atom stereocenters. The molecule has 0 aromatic heterocycles. The fourth-order valence-corrected chi connectivity index (χ4v) is 3.36. The largest absolute Gasteiger partial charge is 0.493 e. The van der Waals surface area contributed by atoms with Gasteiger partial charge >= 0.3 is 6.61 Å². The van der Waals surface area contributed by atoms with Crippen LogP contribution in [-0.4, -0.2) is 55.6 Å². The van der Waals surface area contributed by atoms with Crippen LogP contribution >= 0.6 is 0 Å². The number of carbonyl (C=O) groups excluding carboxylic acids is 1. The van der Waals surface area contributed by atoms with Crippen molar-refractivity contribution in [3.8, 4) is 11.5 Å². The second-order valence-electron chi connectivity index (χ2n) is 6.79. The minimum atomic E-state index is -2.97. The molecule has 0 aliphatic carbocycles. The van der Waals surface area contributed by atoms with Gasteiger partial charge in [-0.3, -0.25) is 9.69 Å². The van der Waals surface area contributed by atoms with E-state index in [9.17, 15) is 18.0 Å². The van der Waals surface area contributed by atoms with Crippen LogP contribution in [0.3, 0.4) is 0 Å². The maximum absolute atomic E-state index is 13.1. The summed E-state index contributed by atoms with van der Waals surface area (Å²) in [5.74, 6) is -0.471. The van der Waals surface area contributed by atoms with E-state index < -0.39 is 6.61 Å². The predicted octanol–water partition coefficient (Wildman–Crippen LogP) is 3.78. The third-order valence-corrected chi connectivity index (χ3v) is 4.82. The van der Waals surface area contributed by atoms with Crippen molar-refractivity contribution >= 4 is 5.91 Å². The van der Waals surface area contributed by atoms with Crippen LogP contribution in [0.1, 0.15) is 22.3 Å². The number of hydrogen-bond donors (Lipinski definition) is 0. The van der Waals surface area contributed by atoms with E-state index in [-0.39, 0.29) is 23.2 Å². The lowest BCUT2D eigenvalue weighted by Crippen LogP contribution is -2.35. The van der Waals surface area contributed by atoms with E-state index in [0.29, 0.717) is 31.7 Å². The molecule has 29 heavy (non-hydrogen) atoms. The highest BCUT2D eigenvalue weighted by Crippen LogP contribution is 2.30. The van der Waals surface area contributed by atoms with Gasteiger partial charge in [-0.05, 0) is 42.3 Å². The lowest BCUT2D eigenvalue weighted by Gasteiger charge is -2.22. The molecule has 1 heterocycles. The monoisotopic (exact) mass is 408 g/mol. The van der Waals surface area contributed by atoms with Gasteiger partial charge in [0.1, 0.15) is 5.82 Å². The smallest absolute Gasteiger partial charge is 0.387 e. The van der Waals surface area contributed by atoms with Crippen LogP contribution in [0.2, 0.25) is 0 Å². The predicted molar refractivity (Wildman–Crippen MR) is 102 cm³/mol. The molecule has 1 fully saturated rings. The molecule has 1 aliphatic heterocycles. The third kappa shape index (κ3) is 5.63. The number of carbonyl (C=O) groups is 1. The Labute approximate surface area is 167 Å². The Bertz CT molecular complexity index is 830. The summed E-state index contributed by atoms with van der Waals surface area (Å²) in [4.78, 5) is 16.8. The van der Waals surface area contributed by atoms with Crippen molar-refractivity contribution in [3.63, 3.8) is 0 Å². The molecule has 0 spiro atoms. The number of ether oxygens (including phenoxy) is 2. The molecule has 0 saturated carbocycles. The Morgan fingerprint density at radius 2 is 1.79 bits per heavy atom. The topological polar surface area (TPSA) is 42.0 Å². The summed E-state index contributed by atoms with van der Waals surface area (Å²) in [6.07, 6.45) is 0.802. The van der Waals surface area contributed by atoms with Crippen molar-refractivity contribution in [3.05, 3.63) is 59.4 Å². The molecule has 2 aromatic carbocycles. The Kier molecular flexibility index (Phi) is 6.98. The summed E-state index contributed by atoms with van der Waals surface area (Å²) in [5, 5.41) is 0. The lowest BCUT2D eigenvalue weighted by atomic mass is 10.1. The van der Waals surface area contributed by atoms with Crippen molar-refractivity contribution < 1.29 is 27.4 Å². The van der Waals surface area contributed by atoms with Crippen LogP contribution in [-0.2, 0) is 6.54 Å². The van der Waals surface area contributed by atoms with Crippen LogP contribution in [0.4, 0.5) is 13.2 Å². The van der Waals surface area contributed by atoms with Gasteiger partial charge in [-0.15, -0.1) is 0 Å². The fourth-order valence-electron chi connectivity index (χ4n) is 3.36. The average molecular weight is 408 g/mol. The maximum atomic E-state index is 13.1. The van der Waals surface area contributed by atoms with Crippen LogP contribution in [0.15, 0.2) is 42.5 Å². The molecular weight excluding hydrogens is 385 g/mol. The van der Waals surface area contributed by atoms with E-state index in [2.05, 4.69) is 9.64 Å². The Morgan fingerprint density at radius 1 is 1.03 bits per heavy atom. The number of nitrogens with zero attached hydrogens (tertiary/aromatic N) is 2. The summed E-state index contributed by atoms with van der Waals surface area (Å²) < 4.78 is 47.5. The number of rotatable bonds is 6. The van der Waals surface area contributed by atoms with Crippen molar-refractivity contribution in [1.29, 1.82) is 0 Å². The highest BCUT2D eigenvalue weighted by molar-refractivity contribution is 5.95. The van der Waals surface area contributed by atoms with Gasteiger partial charge in [0.05, 0.1) is 7.11 Å². The highest BCUT2D eigenvalue weighted by Gasteiger charge is 2.22. The second kappa shape index (κ2) is 9.65. The number of alkyl halides is 2. The second-order valence-corrected chi connectivity index (χ2v) is 6.79. The average Bonchev–Trinajstić information content (AvgIpc) is 2.94. The zero-order chi connectivity index (χ0) is 20.8. The molecule has 2 aromatic rings. The molecular formula is C21H23F3N2O3. The zero-order valence-electron chi connectivity index (χ0n) is 16.1. The Morgan fingerprint density at radius 3 is 2.48 bits per heavy atom. The summed E-state index contributed by atoms with van der Waals surface area (Å²) in [6.45, 7) is 0.366. The van der Waals surface area contributed by atoms with Crippen molar-refractivity contribution in [2.75, 3.05) is 33.3 Å². The van der Waals surface area contributed by atoms with Gasteiger partial charge in [-0.1, -0.05) is 12.1 Å². The first kappa shape index (κ1) is 21.0. The quantitative estimate of drug-likeness (QED) is 0.730. The third-order valence-electron chi connectivity index (χ3n) is 4.82. The van der Waals surface area contributed by atoms with Crippen LogP contribution in [0.25, 0.3) is 0 Å². The van der Waals surface area contributed by atoms with Gasteiger partial charge < -0.3 is 14.4 Å². The van der Waals surface area contributed by atoms with E-state index >= 15 is 0 Å². The molecule has 0 radical (unpaired) electrons. The van der Waals surface area contributed by atoms with E-state index in [4.69, 9.17) is 4.74 Å². The molecule has 5 nitrogen and oxygen atoms in total. The first-order chi connectivity index (χ1) is 14.0. The molecule has 156 valence electrons. The van der Waals surface area contributed by atoms with Crippen molar-refractivity contribution in [1.82, 2.24) is 9.80 Å². The van der Waals surface area contributed by atoms with Crippen LogP contribution in [0.5, 0.6) is 11.5 Å². The normalized spacial score (nSPS) is 15.3. The SMILES string of the molecule is COc1cc(C(=O)N2CCCN(Cc3ccc(F)cc3)CC2)ccc1OC(F)F. The molecule has 0 bridgehead atoms. The molecule has 1 amide bonds. The molecule has 0 N–H and O–H groups in total. The van der Waals surface area contributed by atoms with Gasteiger partial charge in [0.15, 0.2) is 11.5 Å². The van der Waals surface area contributed by atoms with E-state index in [0.717, 1.165) is 18.5 Å². The Hall–Kier alpha value is -2.74. The molecule has 1 aliphatic rings. The van der Waals surface area contributed by atoms with E-state index in [1.807, 2.05) is 0 Å². The van der Waals surface area contributed by atoms with Crippen molar-refractivity contribution in [2.45, 2.75) is 19.6 Å². The minimum absolute atomic E-state index is 0.0870. The minimum Gasteiger partial charge on any atom is -0.493 e. The molecule has 1 saturated heterocycles. The number of hydrogen-bond acceptors (Lipinski definition) is 4. The number of amides is 1. The number of halogens is 3. The summed E-state index contributed by atoms with van der Waals surface area (Å²) in [6, 6.07) is 10.6. The highest BCUT2D eigenvalue weighted by atomic mass is 19.3. The van der Waals surface area contributed by atoms with Crippen LogP contribution < -0.4 is 9.47 Å². The number of benzene rings is 2. The van der Waals surface area contributed by atoms with Gasteiger partial charge in [0.25, 0.3) is 5.91 Å². The summed E-state index contributed by atoms with van der Waals surface area (Å²) in [5.41, 5.74) is 1.38. The summed E-state index contributed by atoms with van der Waals surface area (Å²) in [7, 11) is 1.33. The van der Waals surface area contributed by atoms with E-state index in [1.54, 1.807) is 17.0 Å². The van der Waals surface area contributed by atoms with Crippen LogP contribution in [0, 0.1) is 5.82 Å². The summed E-state index contributed by atoms with van der Waals surface area (Å²) >= 11 is 0. The molecule has 0 unspecified atom stereocenters. The van der Waals surface area contributed by atoms with Crippen molar-refractivity contribution in [2.24, 2.45) is 0 Å². The van der Waals surface area contributed by atoms with Gasteiger partial charge in [0, 0.05) is 38.3 Å². The molecule has 8 heteroatoms. The van der Waals surface area contributed by atoms with Gasteiger partial charge in [-0.25, -0.2) is 4.39 Å². The Balaban J connectivity index is 1.63. The lowest BCUT2D eigenvalue weighted by molar-refractivity contribution is -0.0512. The standard InChI is InChI=1S/C21H23F3N2O3/c1-28-19-13-16(5-8-18(19)29-21(23)24)20(27)26-10-2-9-25(11-12-26)14-15-3-6-17(22)7-4-15/h3-8,13,21H,2,9-12,14H2,1H3. The first-order valence-electron chi connectivity index (χ1n) is 9.35. The fraction of sp³-hybridized carbons (Fsp3) is 0.381. The first-order valence-corrected chi connectivity index (χ1v) is 9.35.